The van der Waals surface area contributed by atoms with Gasteiger partial charge >= 0.3 is 0 Å². The van der Waals surface area contributed by atoms with E-state index in [1.54, 1.807) is 0 Å². The Labute approximate surface area is 122 Å². The third-order valence-corrected chi connectivity index (χ3v) is 3.52. The number of benzene rings is 1. The van der Waals surface area contributed by atoms with Crippen molar-refractivity contribution >= 4 is 0 Å². The van der Waals surface area contributed by atoms with E-state index in [1.165, 1.54) is 30.4 Å². The predicted octanol–water partition coefficient (Wildman–Crippen LogP) is 4.15. The quantitative estimate of drug-likeness (QED) is 0.778. The predicted molar refractivity (Wildman–Crippen MR) is 84.7 cm³/mol. The SMILES string of the molecule is CCCNC(CCCc1cccnc1)c1ccccc1. The molecule has 0 saturated heterocycles. The molecule has 2 aromatic rings. The average molecular weight is 268 g/mol. The van der Waals surface area contributed by atoms with E-state index in [0.29, 0.717) is 6.04 Å². The van der Waals surface area contributed by atoms with E-state index in [4.69, 9.17) is 0 Å². The molecule has 1 N–H and O–H groups in total. The lowest BCUT2D eigenvalue weighted by Gasteiger charge is -2.19. The molecule has 2 rings (SSSR count). The van der Waals surface area contributed by atoms with Crippen molar-refractivity contribution in [2.75, 3.05) is 6.54 Å². The second kappa shape index (κ2) is 8.49. The molecule has 1 unspecified atom stereocenters. The summed E-state index contributed by atoms with van der Waals surface area (Å²) in [6.45, 7) is 3.29. The van der Waals surface area contributed by atoms with Gasteiger partial charge in [0.2, 0.25) is 0 Å². The zero-order chi connectivity index (χ0) is 14.0. The van der Waals surface area contributed by atoms with Crippen molar-refractivity contribution in [1.29, 1.82) is 0 Å². The smallest absolute Gasteiger partial charge is 0.0320 e. The van der Waals surface area contributed by atoms with E-state index < -0.39 is 0 Å². The lowest BCUT2D eigenvalue weighted by Crippen LogP contribution is -2.22. The van der Waals surface area contributed by atoms with E-state index in [-0.39, 0.29) is 0 Å². The van der Waals surface area contributed by atoms with Gasteiger partial charge in [0, 0.05) is 18.4 Å². The van der Waals surface area contributed by atoms with Crippen LogP contribution < -0.4 is 5.32 Å². The standard InChI is InChI=1S/C18H24N2/c1-2-13-20-18(17-10-4-3-5-11-17)12-6-8-16-9-7-14-19-15-16/h3-5,7,9-11,14-15,18,20H,2,6,8,12-13H2,1H3. The minimum atomic E-state index is 0.466. The van der Waals surface area contributed by atoms with E-state index in [1.807, 2.05) is 18.5 Å². The summed E-state index contributed by atoms with van der Waals surface area (Å²) in [5, 5.41) is 3.66. The van der Waals surface area contributed by atoms with Gasteiger partial charge in [0.1, 0.15) is 0 Å². The maximum atomic E-state index is 4.17. The summed E-state index contributed by atoms with van der Waals surface area (Å²) in [5.41, 5.74) is 2.72. The summed E-state index contributed by atoms with van der Waals surface area (Å²) in [5.74, 6) is 0. The second-order valence-electron chi connectivity index (χ2n) is 5.17. The molecule has 0 aliphatic heterocycles. The Balaban J connectivity index is 1.88. The highest BCUT2D eigenvalue weighted by Crippen LogP contribution is 2.19. The van der Waals surface area contributed by atoms with Crippen LogP contribution in [0.4, 0.5) is 0 Å². The molecule has 0 saturated carbocycles. The van der Waals surface area contributed by atoms with Gasteiger partial charge in [-0.2, -0.15) is 0 Å². The molecule has 0 aliphatic carbocycles. The molecule has 0 spiro atoms. The highest BCUT2D eigenvalue weighted by molar-refractivity contribution is 5.19. The van der Waals surface area contributed by atoms with Gasteiger partial charge in [0.05, 0.1) is 0 Å². The van der Waals surface area contributed by atoms with Crippen molar-refractivity contribution in [1.82, 2.24) is 10.3 Å². The van der Waals surface area contributed by atoms with Gasteiger partial charge in [-0.1, -0.05) is 43.3 Å². The number of pyridine rings is 1. The summed E-state index contributed by atoms with van der Waals surface area (Å²) >= 11 is 0. The molecule has 20 heavy (non-hydrogen) atoms. The molecule has 1 aromatic carbocycles. The largest absolute Gasteiger partial charge is 0.310 e. The second-order valence-corrected chi connectivity index (χ2v) is 5.17. The molecule has 0 aliphatic rings. The van der Waals surface area contributed by atoms with Crippen molar-refractivity contribution in [2.24, 2.45) is 0 Å². The van der Waals surface area contributed by atoms with Crippen LogP contribution in [0.1, 0.15) is 43.4 Å². The van der Waals surface area contributed by atoms with Crippen molar-refractivity contribution in [3.8, 4) is 0 Å². The highest BCUT2D eigenvalue weighted by Gasteiger charge is 2.09. The van der Waals surface area contributed by atoms with Crippen LogP contribution in [0.2, 0.25) is 0 Å². The summed E-state index contributed by atoms with van der Waals surface area (Å²) < 4.78 is 0. The normalized spacial score (nSPS) is 12.2. The highest BCUT2D eigenvalue weighted by atomic mass is 14.9. The molecule has 106 valence electrons. The molecular formula is C18H24N2. The molecule has 1 aromatic heterocycles. The number of hydrogen-bond donors (Lipinski definition) is 1. The Hall–Kier alpha value is -1.67. The zero-order valence-electron chi connectivity index (χ0n) is 12.3. The fourth-order valence-electron chi connectivity index (χ4n) is 2.45. The molecule has 2 nitrogen and oxygen atoms in total. The first kappa shape index (κ1) is 14.7. The molecule has 0 radical (unpaired) electrons. The molecule has 0 amide bonds. The monoisotopic (exact) mass is 268 g/mol. The zero-order valence-corrected chi connectivity index (χ0v) is 12.3. The summed E-state index contributed by atoms with van der Waals surface area (Å²) in [6.07, 6.45) is 8.42. The minimum absolute atomic E-state index is 0.466. The van der Waals surface area contributed by atoms with Crippen LogP contribution in [-0.4, -0.2) is 11.5 Å². The molecule has 0 bridgehead atoms. The van der Waals surface area contributed by atoms with Crippen LogP contribution in [0.15, 0.2) is 54.9 Å². The Bertz CT molecular complexity index is 467. The molecule has 1 atom stereocenters. The third-order valence-electron chi connectivity index (χ3n) is 3.52. The minimum Gasteiger partial charge on any atom is -0.310 e. The third kappa shape index (κ3) is 4.78. The van der Waals surface area contributed by atoms with Gasteiger partial charge in [-0.15, -0.1) is 0 Å². The first-order valence-corrected chi connectivity index (χ1v) is 7.57. The van der Waals surface area contributed by atoms with Crippen molar-refractivity contribution in [3.63, 3.8) is 0 Å². The van der Waals surface area contributed by atoms with Crippen LogP contribution in [0, 0.1) is 0 Å². The molecule has 0 fully saturated rings. The van der Waals surface area contributed by atoms with Gasteiger partial charge in [0.15, 0.2) is 0 Å². The van der Waals surface area contributed by atoms with Gasteiger partial charge in [-0.05, 0) is 49.4 Å². The van der Waals surface area contributed by atoms with E-state index in [0.717, 1.165) is 13.0 Å². The van der Waals surface area contributed by atoms with Gasteiger partial charge in [-0.3, -0.25) is 4.98 Å². The summed E-state index contributed by atoms with van der Waals surface area (Å²) in [7, 11) is 0. The Morgan fingerprint density at radius 2 is 1.95 bits per heavy atom. The number of hydrogen-bond acceptors (Lipinski definition) is 2. The average Bonchev–Trinajstić information content (AvgIpc) is 2.52. The lowest BCUT2D eigenvalue weighted by molar-refractivity contribution is 0.484. The van der Waals surface area contributed by atoms with Crippen molar-refractivity contribution in [3.05, 3.63) is 66.0 Å². The number of nitrogens with one attached hydrogen (secondary N) is 1. The number of nitrogens with zero attached hydrogens (tertiary/aromatic N) is 1. The van der Waals surface area contributed by atoms with Crippen LogP contribution in [0.5, 0.6) is 0 Å². The van der Waals surface area contributed by atoms with Crippen LogP contribution >= 0.6 is 0 Å². The first-order valence-electron chi connectivity index (χ1n) is 7.57. The van der Waals surface area contributed by atoms with E-state index >= 15 is 0 Å². The Kier molecular flexibility index (Phi) is 6.25. The van der Waals surface area contributed by atoms with Gasteiger partial charge in [0.25, 0.3) is 0 Å². The Morgan fingerprint density at radius 3 is 2.65 bits per heavy atom. The number of aromatic nitrogens is 1. The van der Waals surface area contributed by atoms with Crippen molar-refractivity contribution in [2.45, 2.75) is 38.6 Å². The van der Waals surface area contributed by atoms with Crippen LogP contribution in [0.25, 0.3) is 0 Å². The van der Waals surface area contributed by atoms with E-state index in [9.17, 15) is 0 Å². The first-order chi connectivity index (χ1) is 9.90. The lowest BCUT2D eigenvalue weighted by atomic mass is 9.99. The Morgan fingerprint density at radius 1 is 1.10 bits per heavy atom. The summed E-state index contributed by atoms with van der Waals surface area (Å²) in [4.78, 5) is 4.17. The molecule has 2 heteroatoms. The number of rotatable bonds is 8. The maximum Gasteiger partial charge on any atom is 0.0320 e. The fraction of sp³-hybridized carbons (Fsp3) is 0.389. The van der Waals surface area contributed by atoms with Crippen LogP contribution in [-0.2, 0) is 6.42 Å². The van der Waals surface area contributed by atoms with E-state index in [2.05, 4.69) is 53.6 Å². The van der Waals surface area contributed by atoms with Crippen molar-refractivity contribution < 1.29 is 0 Å². The number of aryl methyl sites for hydroxylation is 1. The molecule has 1 heterocycles. The van der Waals surface area contributed by atoms with Gasteiger partial charge in [-0.25, -0.2) is 0 Å². The topological polar surface area (TPSA) is 24.9 Å². The van der Waals surface area contributed by atoms with Crippen LogP contribution in [0.3, 0.4) is 0 Å². The van der Waals surface area contributed by atoms with Gasteiger partial charge < -0.3 is 5.32 Å². The maximum absolute atomic E-state index is 4.17. The fourth-order valence-corrected chi connectivity index (χ4v) is 2.45. The summed E-state index contributed by atoms with van der Waals surface area (Å²) in [6, 6.07) is 15.4. The molecular weight excluding hydrogens is 244 g/mol.